The third kappa shape index (κ3) is 12.2. The van der Waals surface area contributed by atoms with Gasteiger partial charge < -0.3 is 31.1 Å². The van der Waals surface area contributed by atoms with Crippen LogP contribution in [0.1, 0.15) is 51.4 Å². The molecule has 28 heavy (non-hydrogen) atoms. The summed E-state index contributed by atoms with van der Waals surface area (Å²) in [6.45, 7) is 0. The lowest BCUT2D eigenvalue weighted by atomic mass is 10.1. The van der Waals surface area contributed by atoms with Crippen LogP contribution < -0.4 is 10.6 Å². The summed E-state index contributed by atoms with van der Waals surface area (Å²) in [6, 6.07) is -2.64. The minimum atomic E-state index is -1.35. The Morgan fingerprint density at radius 1 is 0.571 bits per heavy atom. The number of carbonyl (C=O) groups is 6. The Labute approximate surface area is 159 Å². The van der Waals surface area contributed by atoms with E-state index in [1.165, 1.54) is 0 Å². The maximum absolute atomic E-state index is 11.7. The molecular formula is C16H24N2O10. The first-order chi connectivity index (χ1) is 13.0. The molecule has 0 aliphatic heterocycles. The number of hydrogen-bond acceptors (Lipinski definition) is 6. The van der Waals surface area contributed by atoms with Crippen LogP contribution in [0, 0.1) is 0 Å². The topological polar surface area (TPSA) is 207 Å². The van der Waals surface area contributed by atoms with Crippen molar-refractivity contribution in [1.82, 2.24) is 10.6 Å². The zero-order valence-electron chi connectivity index (χ0n) is 15.0. The Kier molecular flexibility index (Phi) is 11.6. The molecule has 0 rings (SSSR count). The van der Waals surface area contributed by atoms with Gasteiger partial charge in [-0.15, -0.1) is 0 Å². The Bertz CT molecular complexity index is 552. The molecule has 0 bridgehead atoms. The summed E-state index contributed by atoms with van der Waals surface area (Å²) in [6.07, 6.45) is -1.09. The highest BCUT2D eigenvalue weighted by atomic mass is 16.4. The highest BCUT2D eigenvalue weighted by molar-refractivity contribution is 5.85. The average molecular weight is 404 g/mol. The van der Waals surface area contributed by atoms with E-state index < -0.39 is 60.6 Å². The highest BCUT2D eigenvalue weighted by Crippen LogP contribution is 2.05. The third-order valence-electron chi connectivity index (χ3n) is 3.62. The molecule has 12 heteroatoms. The number of rotatable bonds is 15. The van der Waals surface area contributed by atoms with E-state index in [2.05, 4.69) is 10.6 Å². The molecule has 2 atom stereocenters. The largest absolute Gasteiger partial charge is 0.481 e. The molecule has 0 aliphatic rings. The van der Waals surface area contributed by atoms with E-state index in [1.54, 1.807) is 0 Å². The summed E-state index contributed by atoms with van der Waals surface area (Å²) in [5.74, 6) is -6.29. The van der Waals surface area contributed by atoms with Gasteiger partial charge in [-0.25, -0.2) is 9.59 Å². The Morgan fingerprint density at radius 2 is 0.893 bits per heavy atom. The van der Waals surface area contributed by atoms with Crippen molar-refractivity contribution in [2.24, 2.45) is 0 Å². The van der Waals surface area contributed by atoms with Crippen LogP contribution in [-0.2, 0) is 28.8 Å². The predicted molar refractivity (Wildman–Crippen MR) is 91.3 cm³/mol. The van der Waals surface area contributed by atoms with Crippen molar-refractivity contribution in [1.29, 1.82) is 0 Å². The van der Waals surface area contributed by atoms with Crippen LogP contribution in [0.25, 0.3) is 0 Å². The van der Waals surface area contributed by atoms with Crippen molar-refractivity contribution in [3.05, 3.63) is 0 Å². The summed E-state index contributed by atoms with van der Waals surface area (Å²) < 4.78 is 0. The van der Waals surface area contributed by atoms with Crippen molar-refractivity contribution in [2.45, 2.75) is 63.5 Å². The molecule has 0 aromatic carbocycles. The number of nitrogens with one attached hydrogen (secondary N) is 2. The summed E-state index contributed by atoms with van der Waals surface area (Å²) in [5, 5.41) is 39.4. The van der Waals surface area contributed by atoms with E-state index in [1.807, 2.05) is 0 Å². The van der Waals surface area contributed by atoms with E-state index in [0.717, 1.165) is 0 Å². The van der Waals surface area contributed by atoms with E-state index >= 15 is 0 Å². The highest BCUT2D eigenvalue weighted by Gasteiger charge is 2.22. The molecule has 0 fully saturated rings. The lowest BCUT2D eigenvalue weighted by molar-refractivity contribution is -0.144. The van der Waals surface area contributed by atoms with Gasteiger partial charge in [0.25, 0.3) is 0 Å². The third-order valence-corrected chi connectivity index (χ3v) is 3.62. The number of carboxylic acids is 4. The van der Waals surface area contributed by atoms with Gasteiger partial charge in [0.05, 0.1) is 0 Å². The molecule has 6 N–H and O–H groups in total. The van der Waals surface area contributed by atoms with Gasteiger partial charge in [0, 0.05) is 25.7 Å². The number of hydrogen-bond donors (Lipinski definition) is 6. The summed E-state index contributed by atoms with van der Waals surface area (Å²) in [4.78, 5) is 66.3. The fraction of sp³-hybridized carbons (Fsp3) is 0.625. The number of amides is 2. The molecule has 0 saturated carbocycles. The van der Waals surface area contributed by atoms with Gasteiger partial charge in [-0.1, -0.05) is 0 Å². The Hall–Kier alpha value is -3.18. The quantitative estimate of drug-likeness (QED) is 0.191. The second kappa shape index (κ2) is 13.1. The molecule has 2 amide bonds. The van der Waals surface area contributed by atoms with Gasteiger partial charge in [0.15, 0.2) is 0 Å². The average Bonchev–Trinajstić information content (AvgIpc) is 2.58. The van der Waals surface area contributed by atoms with E-state index in [4.69, 9.17) is 20.4 Å². The van der Waals surface area contributed by atoms with Gasteiger partial charge in [-0.2, -0.15) is 0 Å². The Balaban J connectivity index is 4.20. The van der Waals surface area contributed by atoms with Crippen molar-refractivity contribution in [3.8, 4) is 0 Å². The van der Waals surface area contributed by atoms with Gasteiger partial charge in [-0.05, 0) is 25.7 Å². The SMILES string of the molecule is O=C(O)CC[C@@H](NC(=O)CCCCC(=O)N[C@H](CCC(=O)O)C(=O)O)C(=O)O. The standard InChI is InChI=1S/C16H24N2O10/c19-11(17-9(15(25)26)5-7-13(21)22)3-1-2-4-12(20)18-10(16(27)28)6-8-14(23)24/h9-10H,1-8H2,(H,17,19)(H,18,20)(H,21,22)(H,23,24)(H,25,26)(H,27,28)/t9-,10-/m1/s1. The molecule has 0 aliphatic carbocycles. The second-order valence-corrected chi connectivity index (χ2v) is 5.99. The van der Waals surface area contributed by atoms with Crippen LogP contribution >= 0.6 is 0 Å². The van der Waals surface area contributed by atoms with Crippen LogP contribution in [0.5, 0.6) is 0 Å². The summed E-state index contributed by atoms with van der Waals surface area (Å²) in [5.41, 5.74) is 0. The lowest BCUT2D eigenvalue weighted by Crippen LogP contribution is -2.41. The van der Waals surface area contributed by atoms with Crippen LogP contribution in [0.2, 0.25) is 0 Å². The molecule has 12 nitrogen and oxygen atoms in total. The molecule has 158 valence electrons. The number of unbranched alkanes of at least 4 members (excludes halogenated alkanes) is 1. The fourth-order valence-corrected chi connectivity index (χ4v) is 2.15. The fourth-order valence-electron chi connectivity index (χ4n) is 2.15. The number of aliphatic carboxylic acids is 4. The minimum Gasteiger partial charge on any atom is -0.481 e. The molecule has 0 unspecified atom stereocenters. The predicted octanol–water partition coefficient (Wildman–Crippen LogP) is -0.585. The molecular weight excluding hydrogens is 380 g/mol. The van der Waals surface area contributed by atoms with Crippen LogP contribution in [0.15, 0.2) is 0 Å². The van der Waals surface area contributed by atoms with Gasteiger partial charge in [0.1, 0.15) is 12.1 Å². The maximum Gasteiger partial charge on any atom is 0.326 e. The summed E-state index contributed by atoms with van der Waals surface area (Å²) >= 11 is 0. The molecule has 0 heterocycles. The molecule has 0 spiro atoms. The van der Waals surface area contributed by atoms with E-state index in [9.17, 15) is 28.8 Å². The van der Waals surface area contributed by atoms with Crippen LogP contribution in [0.3, 0.4) is 0 Å². The number of carbonyl (C=O) groups excluding carboxylic acids is 2. The lowest BCUT2D eigenvalue weighted by Gasteiger charge is -2.14. The van der Waals surface area contributed by atoms with Crippen LogP contribution in [-0.4, -0.2) is 68.2 Å². The van der Waals surface area contributed by atoms with Crippen molar-refractivity contribution in [3.63, 3.8) is 0 Å². The summed E-state index contributed by atoms with van der Waals surface area (Å²) in [7, 11) is 0. The monoisotopic (exact) mass is 404 g/mol. The first-order valence-electron chi connectivity index (χ1n) is 8.50. The van der Waals surface area contributed by atoms with Crippen molar-refractivity contribution >= 4 is 35.7 Å². The molecule has 0 aromatic heterocycles. The van der Waals surface area contributed by atoms with Gasteiger partial charge >= 0.3 is 23.9 Å². The minimum absolute atomic E-state index is 0.0918. The first-order valence-corrected chi connectivity index (χ1v) is 8.50. The maximum atomic E-state index is 11.7. The second-order valence-electron chi connectivity index (χ2n) is 5.99. The molecule has 0 radical (unpaired) electrons. The zero-order valence-corrected chi connectivity index (χ0v) is 15.0. The van der Waals surface area contributed by atoms with E-state index in [0.29, 0.717) is 0 Å². The van der Waals surface area contributed by atoms with Gasteiger partial charge in [0.2, 0.25) is 11.8 Å². The van der Waals surface area contributed by atoms with E-state index in [-0.39, 0.29) is 38.5 Å². The van der Waals surface area contributed by atoms with Crippen molar-refractivity contribution in [2.75, 3.05) is 0 Å². The Morgan fingerprint density at radius 3 is 1.14 bits per heavy atom. The molecule has 0 saturated heterocycles. The van der Waals surface area contributed by atoms with Gasteiger partial charge in [-0.3, -0.25) is 19.2 Å². The normalized spacial score (nSPS) is 12.4. The van der Waals surface area contributed by atoms with Crippen molar-refractivity contribution < 1.29 is 49.2 Å². The molecule has 0 aromatic rings. The number of carboxylic acid groups (broad SMARTS) is 4. The zero-order chi connectivity index (χ0) is 21.7. The smallest absolute Gasteiger partial charge is 0.326 e. The first kappa shape index (κ1) is 24.8. The van der Waals surface area contributed by atoms with Crippen LogP contribution in [0.4, 0.5) is 0 Å².